The summed E-state index contributed by atoms with van der Waals surface area (Å²) in [6.07, 6.45) is 5.45. The maximum atomic E-state index is 13.1. The Morgan fingerprint density at radius 2 is 2.03 bits per heavy atom. The number of benzene rings is 1. The number of rotatable bonds is 8. The van der Waals surface area contributed by atoms with Crippen LogP contribution in [0.25, 0.3) is 6.08 Å². The topological polar surface area (TPSA) is 87.1 Å². The van der Waals surface area contributed by atoms with E-state index in [1.54, 1.807) is 12.1 Å². The SMILES string of the molecule is CCCN1C(=O)[C@@H]2[C@@H](CC(CO)=C3[C@@H](CC/C(=C/c4ccc(O)cc4Cl)CC)OC[C@@H]32)C1=O. The Morgan fingerprint density at radius 3 is 2.70 bits per heavy atom. The highest BCUT2D eigenvalue weighted by atomic mass is 35.5. The van der Waals surface area contributed by atoms with Crippen LogP contribution in [0.3, 0.4) is 0 Å². The average Bonchev–Trinajstić information content (AvgIpc) is 3.32. The molecule has 0 spiro atoms. The number of aliphatic hydroxyl groups excluding tert-OH is 1. The molecule has 1 aromatic rings. The van der Waals surface area contributed by atoms with Crippen LogP contribution in [-0.2, 0) is 14.3 Å². The lowest BCUT2D eigenvalue weighted by molar-refractivity contribution is -0.140. The number of halogens is 1. The van der Waals surface area contributed by atoms with Crippen molar-refractivity contribution in [3.63, 3.8) is 0 Å². The summed E-state index contributed by atoms with van der Waals surface area (Å²) in [4.78, 5) is 27.4. The summed E-state index contributed by atoms with van der Waals surface area (Å²) >= 11 is 6.27. The molecule has 1 aromatic carbocycles. The number of amides is 2. The maximum absolute atomic E-state index is 13.1. The smallest absolute Gasteiger partial charge is 0.233 e. The number of nitrogens with zero attached hydrogens (tertiary/aromatic N) is 1. The molecule has 0 unspecified atom stereocenters. The molecule has 2 aliphatic heterocycles. The molecule has 4 atom stereocenters. The molecule has 2 heterocycles. The zero-order valence-electron chi connectivity index (χ0n) is 19.2. The first-order valence-corrected chi connectivity index (χ1v) is 12.2. The molecule has 2 amide bonds. The molecule has 0 saturated carbocycles. The second-order valence-electron chi connectivity index (χ2n) is 9.21. The first-order valence-electron chi connectivity index (χ1n) is 11.9. The van der Waals surface area contributed by atoms with Crippen LogP contribution in [0.1, 0.15) is 51.5 Å². The Kier molecular flexibility index (Phi) is 7.27. The van der Waals surface area contributed by atoms with Gasteiger partial charge in [-0.05, 0) is 67.0 Å². The Balaban J connectivity index is 1.53. The van der Waals surface area contributed by atoms with E-state index in [-0.39, 0.29) is 48.0 Å². The molecule has 3 aliphatic rings. The van der Waals surface area contributed by atoms with Crippen LogP contribution in [0.4, 0.5) is 0 Å². The van der Waals surface area contributed by atoms with Gasteiger partial charge in [0.1, 0.15) is 5.75 Å². The number of imide groups is 1. The van der Waals surface area contributed by atoms with Crippen molar-refractivity contribution in [2.75, 3.05) is 19.8 Å². The van der Waals surface area contributed by atoms with E-state index in [0.717, 1.165) is 42.4 Å². The zero-order valence-corrected chi connectivity index (χ0v) is 20.0. The summed E-state index contributed by atoms with van der Waals surface area (Å²) < 4.78 is 6.17. The summed E-state index contributed by atoms with van der Waals surface area (Å²) in [6.45, 7) is 4.82. The number of carbonyl (C=O) groups excluding carboxylic acids is 2. The van der Waals surface area contributed by atoms with E-state index in [1.165, 1.54) is 16.5 Å². The summed E-state index contributed by atoms with van der Waals surface area (Å²) in [7, 11) is 0. The third-order valence-electron chi connectivity index (χ3n) is 7.26. The van der Waals surface area contributed by atoms with E-state index in [4.69, 9.17) is 16.3 Å². The summed E-state index contributed by atoms with van der Waals surface area (Å²) in [5.74, 6) is -0.901. The third-order valence-corrected chi connectivity index (χ3v) is 7.59. The number of phenolic OH excluding ortho intramolecular Hbond substituents is 1. The molecule has 2 fully saturated rings. The molecule has 4 rings (SSSR count). The van der Waals surface area contributed by atoms with Crippen molar-refractivity contribution in [2.45, 2.75) is 52.1 Å². The molecule has 6 nitrogen and oxygen atoms in total. The van der Waals surface area contributed by atoms with Gasteiger partial charge in [0.2, 0.25) is 11.8 Å². The van der Waals surface area contributed by atoms with Gasteiger partial charge in [0.15, 0.2) is 0 Å². The summed E-state index contributed by atoms with van der Waals surface area (Å²) in [5.41, 5.74) is 3.97. The van der Waals surface area contributed by atoms with Gasteiger partial charge < -0.3 is 14.9 Å². The zero-order chi connectivity index (χ0) is 23.7. The average molecular weight is 474 g/mol. The largest absolute Gasteiger partial charge is 0.508 e. The third kappa shape index (κ3) is 4.48. The van der Waals surface area contributed by atoms with Gasteiger partial charge in [0, 0.05) is 12.5 Å². The van der Waals surface area contributed by atoms with Gasteiger partial charge in [0.25, 0.3) is 0 Å². The predicted molar refractivity (Wildman–Crippen MR) is 127 cm³/mol. The number of allylic oxidation sites excluding steroid dienone is 1. The van der Waals surface area contributed by atoms with Gasteiger partial charge in [-0.15, -0.1) is 0 Å². The summed E-state index contributed by atoms with van der Waals surface area (Å²) in [5, 5.41) is 20.2. The van der Waals surface area contributed by atoms with Crippen molar-refractivity contribution in [1.82, 2.24) is 4.90 Å². The number of aliphatic hydroxyl groups is 1. The standard InChI is InChI=1S/C26H32ClNO5/c1-3-9-28-25(31)19-11-17(13-29)23-20(24(19)26(28)32)14-33-22(23)8-5-15(4-2)10-16-6-7-18(30)12-21(16)27/h6-7,10,12,19-20,22,24,29-30H,3-5,8-9,11,13-14H2,1-2H3/b15-10+/t19-,20+,22-,24-/m1/s1. The second-order valence-corrected chi connectivity index (χ2v) is 9.62. The quantitative estimate of drug-likeness (QED) is 0.433. The Bertz CT molecular complexity index is 1000. The monoisotopic (exact) mass is 473 g/mol. The Morgan fingerprint density at radius 1 is 1.24 bits per heavy atom. The fourth-order valence-corrected chi connectivity index (χ4v) is 5.88. The molecular formula is C26H32ClNO5. The van der Waals surface area contributed by atoms with Gasteiger partial charge in [-0.2, -0.15) is 0 Å². The van der Waals surface area contributed by atoms with Crippen LogP contribution < -0.4 is 0 Å². The normalized spacial score (nSPS) is 27.4. The number of hydrogen-bond donors (Lipinski definition) is 2. The molecule has 1 aliphatic carbocycles. The van der Waals surface area contributed by atoms with Crippen LogP contribution in [0.2, 0.25) is 5.02 Å². The van der Waals surface area contributed by atoms with Crippen molar-refractivity contribution in [3.8, 4) is 5.75 Å². The molecule has 7 heteroatoms. The van der Waals surface area contributed by atoms with E-state index in [9.17, 15) is 19.8 Å². The van der Waals surface area contributed by atoms with Crippen molar-refractivity contribution < 1.29 is 24.5 Å². The number of aromatic hydroxyl groups is 1. The van der Waals surface area contributed by atoms with Crippen LogP contribution in [-0.4, -0.2) is 52.8 Å². The lowest BCUT2D eigenvalue weighted by Crippen LogP contribution is -2.35. The fraction of sp³-hybridized carbons (Fsp3) is 0.538. The number of fused-ring (bicyclic) bond motifs is 3. The number of likely N-dealkylation sites (tertiary alicyclic amines) is 1. The van der Waals surface area contributed by atoms with Crippen LogP contribution in [0.5, 0.6) is 5.75 Å². The predicted octanol–water partition coefficient (Wildman–Crippen LogP) is 4.34. The van der Waals surface area contributed by atoms with Crippen molar-refractivity contribution >= 4 is 29.5 Å². The number of phenols is 1. The molecular weight excluding hydrogens is 442 g/mol. The highest BCUT2D eigenvalue weighted by Crippen LogP contribution is 2.49. The van der Waals surface area contributed by atoms with Crippen molar-refractivity contribution in [3.05, 3.63) is 45.5 Å². The Labute approximate surface area is 199 Å². The molecule has 33 heavy (non-hydrogen) atoms. The lowest BCUT2D eigenvalue weighted by Gasteiger charge is -2.31. The van der Waals surface area contributed by atoms with E-state index in [2.05, 4.69) is 6.92 Å². The first kappa shape index (κ1) is 24.0. The van der Waals surface area contributed by atoms with Crippen molar-refractivity contribution in [2.24, 2.45) is 17.8 Å². The van der Waals surface area contributed by atoms with E-state index >= 15 is 0 Å². The minimum Gasteiger partial charge on any atom is -0.508 e. The van der Waals surface area contributed by atoms with Crippen molar-refractivity contribution in [1.29, 1.82) is 0 Å². The Hall–Kier alpha value is -2.15. The van der Waals surface area contributed by atoms with Crippen LogP contribution in [0.15, 0.2) is 34.9 Å². The molecule has 0 aromatic heterocycles. The molecule has 178 valence electrons. The number of ether oxygens (including phenoxy) is 1. The molecule has 2 N–H and O–H groups in total. The fourth-order valence-electron chi connectivity index (χ4n) is 5.65. The minimum atomic E-state index is -0.370. The minimum absolute atomic E-state index is 0.0771. The van der Waals surface area contributed by atoms with Gasteiger partial charge in [-0.1, -0.05) is 37.1 Å². The molecule has 0 radical (unpaired) electrons. The van der Waals surface area contributed by atoms with E-state index in [1.807, 2.05) is 13.0 Å². The van der Waals surface area contributed by atoms with E-state index in [0.29, 0.717) is 24.6 Å². The van der Waals surface area contributed by atoms with Gasteiger partial charge in [-0.3, -0.25) is 14.5 Å². The molecule has 0 bridgehead atoms. The van der Waals surface area contributed by atoms with Crippen LogP contribution >= 0.6 is 11.6 Å². The van der Waals surface area contributed by atoms with Crippen LogP contribution in [0, 0.1) is 17.8 Å². The summed E-state index contributed by atoms with van der Waals surface area (Å²) in [6, 6.07) is 4.95. The number of carbonyl (C=O) groups is 2. The maximum Gasteiger partial charge on any atom is 0.233 e. The first-order chi connectivity index (χ1) is 15.9. The van der Waals surface area contributed by atoms with Gasteiger partial charge in [0.05, 0.1) is 36.2 Å². The van der Waals surface area contributed by atoms with Gasteiger partial charge in [-0.25, -0.2) is 0 Å². The molecule has 2 saturated heterocycles. The highest BCUT2D eigenvalue weighted by Gasteiger charge is 2.56. The lowest BCUT2D eigenvalue weighted by atomic mass is 9.69. The second kappa shape index (κ2) is 10.00. The van der Waals surface area contributed by atoms with Gasteiger partial charge >= 0.3 is 0 Å². The number of hydrogen-bond acceptors (Lipinski definition) is 5. The highest BCUT2D eigenvalue weighted by molar-refractivity contribution is 6.32. The van der Waals surface area contributed by atoms with E-state index < -0.39 is 0 Å².